The van der Waals surface area contributed by atoms with Crippen LogP contribution in [0.3, 0.4) is 0 Å². The van der Waals surface area contributed by atoms with Gasteiger partial charge in [0.25, 0.3) is 0 Å². The molecule has 0 unspecified atom stereocenters. The van der Waals surface area contributed by atoms with E-state index in [9.17, 15) is 4.79 Å². The van der Waals surface area contributed by atoms with Crippen LogP contribution in [0.25, 0.3) is 0 Å². The molecule has 3 heteroatoms. The van der Waals surface area contributed by atoms with E-state index < -0.39 is 0 Å². The zero-order valence-corrected chi connectivity index (χ0v) is 10.9. The lowest BCUT2D eigenvalue weighted by atomic mass is 10.0. The Labute approximate surface area is 108 Å². The molecule has 1 aliphatic rings. The highest BCUT2D eigenvalue weighted by molar-refractivity contribution is 5.82. The maximum atomic E-state index is 11.9. The fourth-order valence-electron chi connectivity index (χ4n) is 2.34. The molecule has 0 radical (unpaired) electrons. The summed E-state index contributed by atoms with van der Waals surface area (Å²) in [5.74, 6) is 1.94. The summed E-state index contributed by atoms with van der Waals surface area (Å²) in [7, 11) is 0. The molecular formula is C15H20O3. The Morgan fingerprint density at radius 2 is 1.89 bits per heavy atom. The predicted molar refractivity (Wildman–Crippen MR) is 70.1 cm³/mol. The molecule has 0 aromatic heterocycles. The standard InChI is InChI=1S/C15H20O3/c1-2-17-13-8-5-9-14(10-13)18-11-15(16)12-6-3-4-7-12/h5,8-10,12H,2-4,6-7,11H2,1H3. The minimum Gasteiger partial charge on any atom is -0.494 e. The van der Waals surface area contributed by atoms with E-state index in [0.717, 1.165) is 18.6 Å². The quantitative estimate of drug-likeness (QED) is 0.775. The molecule has 0 spiro atoms. The predicted octanol–water partition coefficient (Wildman–Crippen LogP) is 3.22. The average molecular weight is 248 g/mol. The van der Waals surface area contributed by atoms with Crippen molar-refractivity contribution in [1.82, 2.24) is 0 Å². The third kappa shape index (κ3) is 3.49. The molecule has 18 heavy (non-hydrogen) atoms. The molecule has 0 atom stereocenters. The molecule has 0 amide bonds. The van der Waals surface area contributed by atoms with Crippen molar-refractivity contribution in [3.05, 3.63) is 24.3 Å². The van der Waals surface area contributed by atoms with Crippen molar-refractivity contribution in [2.45, 2.75) is 32.6 Å². The van der Waals surface area contributed by atoms with Gasteiger partial charge in [0.1, 0.15) is 18.1 Å². The second-order valence-corrected chi connectivity index (χ2v) is 4.64. The molecule has 98 valence electrons. The van der Waals surface area contributed by atoms with Gasteiger partial charge in [-0.1, -0.05) is 18.9 Å². The monoisotopic (exact) mass is 248 g/mol. The number of rotatable bonds is 6. The Kier molecular flexibility index (Phi) is 4.62. The Morgan fingerprint density at radius 1 is 1.22 bits per heavy atom. The fourth-order valence-corrected chi connectivity index (χ4v) is 2.34. The van der Waals surface area contributed by atoms with Gasteiger partial charge in [-0.2, -0.15) is 0 Å². The van der Waals surface area contributed by atoms with Crippen LogP contribution in [0.4, 0.5) is 0 Å². The van der Waals surface area contributed by atoms with Crippen molar-refractivity contribution in [3.63, 3.8) is 0 Å². The van der Waals surface area contributed by atoms with Gasteiger partial charge in [-0.3, -0.25) is 4.79 Å². The van der Waals surface area contributed by atoms with Crippen LogP contribution in [0.1, 0.15) is 32.6 Å². The van der Waals surface area contributed by atoms with E-state index in [4.69, 9.17) is 9.47 Å². The Bertz CT molecular complexity index is 394. The van der Waals surface area contributed by atoms with E-state index in [1.807, 2.05) is 31.2 Å². The number of benzene rings is 1. The number of ether oxygens (including phenoxy) is 2. The zero-order valence-electron chi connectivity index (χ0n) is 10.9. The molecule has 1 aliphatic carbocycles. The minimum absolute atomic E-state index is 0.181. The smallest absolute Gasteiger partial charge is 0.173 e. The van der Waals surface area contributed by atoms with Crippen LogP contribution >= 0.6 is 0 Å². The summed E-state index contributed by atoms with van der Waals surface area (Å²) in [4.78, 5) is 11.9. The third-order valence-electron chi connectivity index (χ3n) is 3.31. The maximum absolute atomic E-state index is 11.9. The van der Waals surface area contributed by atoms with Gasteiger partial charge in [0.15, 0.2) is 5.78 Å². The lowest BCUT2D eigenvalue weighted by molar-refractivity contribution is -0.124. The van der Waals surface area contributed by atoms with E-state index in [2.05, 4.69) is 0 Å². The van der Waals surface area contributed by atoms with Crippen LogP contribution in [0.5, 0.6) is 11.5 Å². The Morgan fingerprint density at radius 3 is 2.56 bits per heavy atom. The van der Waals surface area contributed by atoms with Crippen molar-refractivity contribution in [1.29, 1.82) is 0 Å². The number of carbonyl (C=O) groups excluding carboxylic acids is 1. The average Bonchev–Trinajstić information content (AvgIpc) is 2.91. The zero-order chi connectivity index (χ0) is 12.8. The SMILES string of the molecule is CCOc1cccc(OCC(=O)C2CCCC2)c1. The molecule has 1 saturated carbocycles. The topological polar surface area (TPSA) is 35.5 Å². The molecule has 3 nitrogen and oxygen atoms in total. The van der Waals surface area contributed by atoms with E-state index in [1.54, 1.807) is 0 Å². The van der Waals surface area contributed by atoms with Crippen LogP contribution in [0.15, 0.2) is 24.3 Å². The molecule has 0 saturated heterocycles. The van der Waals surface area contributed by atoms with Crippen LogP contribution in [0.2, 0.25) is 0 Å². The van der Waals surface area contributed by atoms with Gasteiger partial charge in [0.05, 0.1) is 6.61 Å². The van der Waals surface area contributed by atoms with Crippen molar-refractivity contribution in [3.8, 4) is 11.5 Å². The Balaban J connectivity index is 1.85. The normalized spacial score (nSPS) is 15.6. The summed E-state index contributed by atoms with van der Waals surface area (Å²) in [5.41, 5.74) is 0. The highest BCUT2D eigenvalue weighted by atomic mass is 16.5. The highest BCUT2D eigenvalue weighted by Gasteiger charge is 2.22. The van der Waals surface area contributed by atoms with Gasteiger partial charge in [0.2, 0.25) is 0 Å². The summed E-state index contributed by atoms with van der Waals surface area (Å²) in [6.45, 7) is 2.75. The van der Waals surface area contributed by atoms with Crippen LogP contribution in [-0.2, 0) is 4.79 Å². The number of Topliss-reactive ketones (excluding diaryl/α,β-unsaturated/α-hetero) is 1. The molecule has 0 N–H and O–H groups in total. The first-order chi connectivity index (χ1) is 8.79. The van der Waals surface area contributed by atoms with Crippen molar-refractivity contribution in [2.24, 2.45) is 5.92 Å². The van der Waals surface area contributed by atoms with Crippen LogP contribution in [-0.4, -0.2) is 19.0 Å². The first-order valence-electron chi connectivity index (χ1n) is 6.68. The van der Waals surface area contributed by atoms with Crippen LogP contribution in [0, 0.1) is 5.92 Å². The summed E-state index contributed by atoms with van der Waals surface area (Å²) in [6.07, 6.45) is 4.41. The van der Waals surface area contributed by atoms with Gasteiger partial charge < -0.3 is 9.47 Å². The minimum atomic E-state index is 0.181. The van der Waals surface area contributed by atoms with Gasteiger partial charge in [-0.05, 0) is 31.9 Å². The van der Waals surface area contributed by atoms with E-state index >= 15 is 0 Å². The van der Waals surface area contributed by atoms with E-state index in [-0.39, 0.29) is 18.3 Å². The van der Waals surface area contributed by atoms with Gasteiger partial charge in [0, 0.05) is 12.0 Å². The molecule has 2 rings (SSSR count). The second-order valence-electron chi connectivity index (χ2n) is 4.64. The van der Waals surface area contributed by atoms with Gasteiger partial charge >= 0.3 is 0 Å². The second kappa shape index (κ2) is 6.43. The lowest BCUT2D eigenvalue weighted by Crippen LogP contribution is -2.19. The molecular weight excluding hydrogens is 228 g/mol. The number of carbonyl (C=O) groups is 1. The molecule has 0 heterocycles. The van der Waals surface area contributed by atoms with Gasteiger partial charge in [-0.15, -0.1) is 0 Å². The van der Waals surface area contributed by atoms with Gasteiger partial charge in [-0.25, -0.2) is 0 Å². The molecule has 0 bridgehead atoms. The van der Waals surface area contributed by atoms with E-state index in [1.165, 1.54) is 12.8 Å². The molecule has 1 aromatic carbocycles. The van der Waals surface area contributed by atoms with Crippen molar-refractivity contribution < 1.29 is 14.3 Å². The van der Waals surface area contributed by atoms with Crippen LogP contribution < -0.4 is 9.47 Å². The number of hydrogen-bond acceptors (Lipinski definition) is 3. The fraction of sp³-hybridized carbons (Fsp3) is 0.533. The summed E-state index contributed by atoms with van der Waals surface area (Å²) in [5, 5.41) is 0. The first kappa shape index (κ1) is 12.9. The van der Waals surface area contributed by atoms with E-state index in [0.29, 0.717) is 12.4 Å². The summed E-state index contributed by atoms with van der Waals surface area (Å²) < 4.78 is 10.9. The maximum Gasteiger partial charge on any atom is 0.173 e. The first-order valence-corrected chi connectivity index (χ1v) is 6.68. The molecule has 1 aromatic rings. The summed E-state index contributed by atoms with van der Waals surface area (Å²) >= 11 is 0. The Hall–Kier alpha value is -1.51. The number of ketones is 1. The highest BCUT2D eigenvalue weighted by Crippen LogP contribution is 2.26. The van der Waals surface area contributed by atoms with Crippen molar-refractivity contribution in [2.75, 3.05) is 13.2 Å². The largest absolute Gasteiger partial charge is 0.494 e. The molecule has 0 aliphatic heterocycles. The van der Waals surface area contributed by atoms with Crippen molar-refractivity contribution >= 4 is 5.78 Å². The molecule has 1 fully saturated rings. The lowest BCUT2D eigenvalue weighted by Gasteiger charge is -2.10. The number of hydrogen-bond donors (Lipinski definition) is 0. The summed E-state index contributed by atoms with van der Waals surface area (Å²) in [6, 6.07) is 7.44. The third-order valence-corrected chi connectivity index (χ3v) is 3.31.